The summed E-state index contributed by atoms with van der Waals surface area (Å²) in [5, 5.41) is 4.38. The zero-order valence-electron chi connectivity index (χ0n) is 15.3. The topological polar surface area (TPSA) is 41.5 Å². The van der Waals surface area contributed by atoms with Gasteiger partial charge in [-0.3, -0.25) is 4.79 Å². The van der Waals surface area contributed by atoms with E-state index < -0.39 is 0 Å². The first-order valence-electron chi connectivity index (χ1n) is 9.59. The molecular formula is C24H24N2O. The van der Waals surface area contributed by atoms with Gasteiger partial charge in [-0.05, 0) is 48.0 Å². The van der Waals surface area contributed by atoms with Crippen LogP contribution in [0, 0.1) is 11.3 Å². The molecule has 0 radical (unpaired) electrons. The summed E-state index contributed by atoms with van der Waals surface area (Å²) in [7, 11) is 0. The molecule has 2 aromatic rings. The molecule has 1 N–H and O–H groups in total. The van der Waals surface area contributed by atoms with Crippen molar-refractivity contribution in [2.45, 2.75) is 25.7 Å². The third-order valence-corrected chi connectivity index (χ3v) is 5.64. The highest BCUT2D eigenvalue weighted by atomic mass is 16.2. The second kappa shape index (κ2) is 7.75. The predicted molar refractivity (Wildman–Crippen MR) is 111 cm³/mol. The van der Waals surface area contributed by atoms with Gasteiger partial charge in [0.1, 0.15) is 0 Å². The first kappa shape index (κ1) is 17.5. The smallest absolute Gasteiger partial charge is 0.243 e. The Kier molecular flexibility index (Phi) is 5.01. The van der Waals surface area contributed by atoms with E-state index in [-0.39, 0.29) is 11.8 Å². The van der Waals surface area contributed by atoms with Crippen LogP contribution in [0.25, 0.3) is 12.2 Å². The fourth-order valence-electron chi connectivity index (χ4n) is 3.72. The van der Waals surface area contributed by atoms with Crippen molar-refractivity contribution in [3.63, 3.8) is 0 Å². The second-order valence-corrected chi connectivity index (χ2v) is 7.47. The van der Waals surface area contributed by atoms with Crippen LogP contribution in [0.3, 0.4) is 0 Å². The quantitative estimate of drug-likeness (QED) is 0.569. The lowest BCUT2D eigenvalue weighted by atomic mass is 9.80. The van der Waals surface area contributed by atoms with Crippen LogP contribution < -0.4 is 5.43 Å². The van der Waals surface area contributed by atoms with Crippen molar-refractivity contribution in [1.82, 2.24) is 5.43 Å². The van der Waals surface area contributed by atoms with E-state index in [4.69, 9.17) is 0 Å². The van der Waals surface area contributed by atoms with Crippen LogP contribution in [-0.2, 0) is 4.79 Å². The minimum atomic E-state index is 0.0634. The average Bonchev–Trinajstić information content (AvgIpc) is 3.46. The van der Waals surface area contributed by atoms with E-state index in [2.05, 4.69) is 10.5 Å². The highest BCUT2D eigenvalue weighted by Gasteiger charge is 2.60. The number of nitrogens with one attached hydrogen (secondary N) is 1. The highest BCUT2D eigenvalue weighted by Crippen LogP contribution is 2.65. The Morgan fingerprint density at radius 2 is 1.48 bits per heavy atom. The van der Waals surface area contributed by atoms with Gasteiger partial charge >= 0.3 is 0 Å². The standard InChI is InChI=1S/C24H24N2O/c27-23(22-18-24(22)16-7-17-24)26-25-21(14-12-19-8-3-1-4-9-19)15-13-20-10-5-2-6-11-20/h1-6,8-15,22H,7,16-18H2,(H,26,27). The molecule has 0 aromatic heterocycles. The number of carbonyl (C=O) groups excluding carboxylic acids is 1. The number of nitrogens with zero attached hydrogens (tertiary/aromatic N) is 1. The first-order chi connectivity index (χ1) is 13.3. The Morgan fingerprint density at radius 1 is 0.926 bits per heavy atom. The molecule has 2 aromatic carbocycles. The van der Waals surface area contributed by atoms with E-state index >= 15 is 0 Å². The number of allylic oxidation sites excluding steroid dienone is 2. The van der Waals surface area contributed by atoms with E-state index in [1.54, 1.807) is 0 Å². The molecule has 1 unspecified atom stereocenters. The van der Waals surface area contributed by atoms with Crippen LogP contribution in [0.5, 0.6) is 0 Å². The molecule has 4 rings (SSSR count). The number of benzene rings is 2. The number of carbonyl (C=O) groups is 1. The summed E-state index contributed by atoms with van der Waals surface area (Å²) in [4.78, 5) is 12.4. The Bertz CT molecular complexity index is 826. The summed E-state index contributed by atoms with van der Waals surface area (Å²) in [5.74, 6) is 0.223. The van der Waals surface area contributed by atoms with Crippen LogP contribution in [0.2, 0.25) is 0 Å². The Balaban J connectivity index is 1.47. The number of hydrogen-bond acceptors (Lipinski definition) is 2. The van der Waals surface area contributed by atoms with E-state index in [1.165, 1.54) is 19.3 Å². The van der Waals surface area contributed by atoms with Gasteiger partial charge in [-0.15, -0.1) is 0 Å². The van der Waals surface area contributed by atoms with E-state index in [0.29, 0.717) is 5.41 Å². The molecule has 1 spiro atoms. The predicted octanol–water partition coefficient (Wildman–Crippen LogP) is 5.08. The Hall–Kier alpha value is -2.94. The van der Waals surface area contributed by atoms with Crippen molar-refractivity contribution in [3.8, 4) is 0 Å². The van der Waals surface area contributed by atoms with Gasteiger partial charge in [0.25, 0.3) is 0 Å². The lowest BCUT2D eigenvalue weighted by Gasteiger charge is -2.25. The van der Waals surface area contributed by atoms with Crippen molar-refractivity contribution in [3.05, 3.63) is 83.9 Å². The van der Waals surface area contributed by atoms with Crippen LogP contribution >= 0.6 is 0 Å². The van der Waals surface area contributed by atoms with Gasteiger partial charge in [-0.2, -0.15) is 5.10 Å². The first-order valence-corrected chi connectivity index (χ1v) is 9.59. The molecule has 0 saturated heterocycles. The fraction of sp³-hybridized carbons (Fsp3) is 0.250. The van der Waals surface area contributed by atoms with Gasteiger partial charge in [0.2, 0.25) is 5.91 Å². The molecule has 3 nitrogen and oxygen atoms in total. The van der Waals surface area contributed by atoms with Crippen LogP contribution in [0.15, 0.2) is 77.9 Å². The third kappa shape index (κ3) is 4.25. The number of hydrogen-bond donors (Lipinski definition) is 1. The summed E-state index contributed by atoms with van der Waals surface area (Å²) in [6, 6.07) is 20.2. The van der Waals surface area contributed by atoms with Crippen molar-refractivity contribution in [1.29, 1.82) is 0 Å². The maximum atomic E-state index is 12.4. The summed E-state index contributed by atoms with van der Waals surface area (Å²) >= 11 is 0. The van der Waals surface area contributed by atoms with Crippen LogP contribution in [-0.4, -0.2) is 11.6 Å². The zero-order chi connectivity index (χ0) is 18.5. The van der Waals surface area contributed by atoms with Crippen LogP contribution in [0.1, 0.15) is 36.8 Å². The van der Waals surface area contributed by atoms with Gasteiger partial charge in [-0.25, -0.2) is 5.43 Å². The minimum absolute atomic E-state index is 0.0634. The monoisotopic (exact) mass is 356 g/mol. The Morgan fingerprint density at radius 3 is 1.93 bits per heavy atom. The number of rotatable bonds is 6. The SMILES string of the molecule is O=C(NN=C(C=Cc1ccccc1)C=Cc1ccccc1)C1CC12CCC2. The second-order valence-electron chi connectivity index (χ2n) is 7.47. The number of amides is 1. The Labute approximate surface area is 160 Å². The van der Waals surface area contributed by atoms with Gasteiger partial charge < -0.3 is 0 Å². The molecule has 2 saturated carbocycles. The molecule has 0 bridgehead atoms. The molecule has 0 aliphatic heterocycles. The zero-order valence-corrected chi connectivity index (χ0v) is 15.3. The lowest BCUT2D eigenvalue weighted by Crippen LogP contribution is -2.26. The molecule has 1 amide bonds. The molecule has 0 heterocycles. The van der Waals surface area contributed by atoms with Gasteiger partial charge in [0.05, 0.1) is 5.71 Å². The summed E-state index contributed by atoms with van der Waals surface area (Å²) in [5.41, 5.74) is 6.02. The van der Waals surface area contributed by atoms with E-state index in [9.17, 15) is 4.79 Å². The molecular weight excluding hydrogens is 332 g/mol. The van der Waals surface area contributed by atoms with Crippen molar-refractivity contribution in [2.24, 2.45) is 16.4 Å². The fourth-order valence-corrected chi connectivity index (χ4v) is 3.72. The maximum absolute atomic E-state index is 12.4. The average molecular weight is 356 g/mol. The minimum Gasteiger partial charge on any atom is -0.273 e. The largest absolute Gasteiger partial charge is 0.273 e. The third-order valence-electron chi connectivity index (χ3n) is 5.64. The molecule has 27 heavy (non-hydrogen) atoms. The van der Waals surface area contributed by atoms with Crippen molar-refractivity contribution >= 4 is 23.8 Å². The van der Waals surface area contributed by atoms with Gasteiger partial charge in [-0.1, -0.05) is 79.2 Å². The summed E-state index contributed by atoms with van der Waals surface area (Å²) < 4.78 is 0. The highest BCUT2D eigenvalue weighted by molar-refractivity contribution is 6.09. The van der Waals surface area contributed by atoms with E-state index in [0.717, 1.165) is 23.3 Å². The lowest BCUT2D eigenvalue weighted by molar-refractivity contribution is -0.123. The van der Waals surface area contributed by atoms with Crippen LogP contribution in [0.4, 0.5) is 0 Å². The summed E-state index contributed by atoms with van der Waals surface area (Å²) in [6.07, 6.45) is 12.6. The van der Waals surface area contributed by atoms with E-state index in [1.807, 2.05) is 85.0 Å². The summed E-state index contributed by atoms with van der Waals surface area (Å²) in [6.45, 7) is 0. The normalized spacial score (nSPS) is 19.8. The molecule has 2 aliphatic carbocycles. The molecule has 2 aliphatic rings. The molecule has 1 atom stereocenters. The van der Waals surface area contributed by atoms with Crippen molar-refractivity contribution < 1.29 is 4.79 Å². The van der Waals surface area contributed by atoms with Gasteiger partial charge in [0, 0.05) is 5.92 Å². The molecule has 2 fully saturated rings. The van der Waals surface area contributed by atoms with Crippen molar-refractivity contribution in [2.75, 3.05) is 0 Å². The number of hydrazone groups is 1. The maximum Gasteiger partial charge on any atom is 0.243 e. The molecule has 3 heteroatoms. The molecule has 136 valence electrons. The van der Waals surface area contributed by atoms with Gasteiger partial charge in [0.15, 0.2) is 0 Å².